The normalized spacial score (nSPS) is 31.9. The monoisotopic (exact) mass is 334 g/mol. The minimum Gasteiger partial charge on any atom is -0.257 e. The fraction of sp³-hybridized carbons (Fsp3) is 0.579. The lowest BCUT2D eigenvalue weighted by atomic mass is 9.73. The molecular formula is C19H26OS2. The molecule has 2 bridgehead atoms. The van der Waals surface area contributed by atoms with E-state index in [0.717, 1.165) is 0 Å². The van der Waals surface area contributed by atoms with Gasteiger partial charge in [-0.15, -0.1) is 11.8 Å². The van der Waals surface area contributed by atoms with E-state index in [-0.39, 0.29) is 20.7 Å². The van der Waals surface area contributed by atoms with Gasteiger partial charge in [-0.2, -0.15) is 0 Å². The van der Waals surface area contributed by atoms with Crippen molar-refractivity contribution in [3.8, 4) is 0 Å². The van der Waals surface area contributed by atoms with E-state index in [2.05, 4.69) is 71.9 Å². The molecule has 1 unspecified atom stereocenters. The molecule has 0 radical (unpaired) electrons. The molecule has 1 aromatic rings. The molecule has 0 aromatic heterocycles. The largest absolute Gasteiger partial charge is 0.257 e. The van der Waals surface area contributed by atoms with Crippen LogP contribution in [0.15, 0.2) is 41.5 Å². The van der Waals surface area contributed by atoms with Gasteiger partial charge >= 0.3 is 0 Å². The quantitative estimate of drug-likeness (QED) is 0.647. The summed E-state index contributed by atoms with van der Waals surface area (Å²) in [5.41, 5.74) is 4.39. The lowest BCUT2D eigenvalue weighted by molar-refractivity contribution is 0.434. The second kappa shape index (κ2) is 5.24. The summed E-state index contributed by atoms with van der Waals surface area (Å²) in [4.78, 5) is 0. The van der Waals surface area contributed by atoms with Crippen molar-refractivity contribution in [1.29, 1.82) is 0 Å². The number of rotatable bonds is 1. The molecule has 2 aliphatic heterocycles. The summed E-state index contributed by atoms with van der Waals surface area (Å²) in [5.74, 6) is 0. The molecule has 0 spiro atoms. The fourth-order valence-electron chi connectivity index (χ4n) is 3.73. The van der Waals surface area contributed by atoms with Crippen LogP contribution < -0.4 is 0 Å². The highest BCUT2D eigenvalue weighted by Crippen LogP contribution is 2.63. The van der Waals surface area contributed by atoms with E-state index < -0.39 is 10.8 Å². The minimum absolute atomic E-state index is 0.0751. The van der Waals surface area contributed by atoms with Crippen molar-refractivity contribution in [2.45, 2.75) is 56.6 Å². The number of hydrogen-bond donors (Lipinski definition) is 0. The van der Waals surface area contributed by atoms with Crippen molar-refractivity contribution in [2.75, 3.05) is 0 Å². The van der Waals surface area contributed by atoms with Gasteiger partial charge in [0.05, 0.1) is 5.25 Å². The average Bonchev–Trinajstić information content (AvgIpc) is 2.89. The van der Waals surface area contributed by atoms with Crippen LogP contribution in [0.3, 0.4) is 0 Å². The van der Waals surface area contributed by atoms with Crippen LogP contribution in [-0.2, 0) is 10.8 Å². The van der Waals surface area contributed by atoms with Crippen LogP contribution in [0.25, 0.3) is 0 Å². The zero-order valence-corrected chi connectivity index (χ0v) is 16.0. The summed E-state index contributed by atoms with van der Waals surface area (Å²) in [6, 6.07) is 10.6. The predicted octanol–water partition coefficient (Wildman–Crippen LogP) is 5.32. The van der Waals surface area contributed by atoms with Crippen LogP contribution in [0.5, 0.6) is 0 Å². The number of hydrogen-bond acceptors (Lipinski definition) is 2. The standard InChI is InChI=1S/C19H26OS2/c1-18(2,3)13-14(19(4,5)6)17-21-15(16(13)22(17)20)12-10-8-7-9-11-12/h7-11,15-17H,1-6H3/t15-,16+,17-,22?/m1/s1. The van der Waals surface area contributed by atoms with E-state index in [1.54, 1.807) is 0 Å². The van der Waals surface area contributed by atoms with E-state index in [4.69, 9.17) is 0 Å². The van der Waals surface area contributed by atoms with E-state index in [0.29, 0.717) is 5.25 Å². The maximum absolute atomic E-state index is 13.1. The highest BCUT2D eigenvalue weighted by atomic mass is 32.2. The van der Waals surface area contributed by atoms with Crippen LogP contribution >= 0.6 is 11.8 Å². The molecule has 1 fully saturated rings. The topological polar surface area (TPSA) is 17.1 Å². The predicted molar refractivity (Wildman–Crippen MR) is 98.4 cm³/mol. The lowest BCUT2D eigenvalue weighted by Gasteiger charge is -2.37. The first-order chi connectivity index (χ1) is 10.1. The lowest BCUT2D eigenvalue weighted by Crippen LogP contribution is -2.29. The van der Waals surface area contributed by atoms with Gasteiger partial charge in [0.1, 0.15) is 4.58 Å². The number of benzene rings is 1. The summed E-state index contributed by atoms with van der Waals surface area (Å²) < 4.78 is 13.3. The fourth-order valence-corrected chi connectivity index (χ4v) is 8.98. The molecule has 0 amide bonds. The molecule has 2 aliphatic rings. The molecule has 3 rings (SSSR count). The summed E-state index contributed by atoms with van der Waals surface area (Å²) in [7, 11) is -0.796. The Morgan fingerprint density at radius 3 is 1.95 bits per heavy atom. The SMILES string of the molecule is CC(C)(C)C1=C(C(C)(C)C)[C@H]2[C@@H](c3ccccc3)S[C@@H]1S2=O. The van der Waals surface area contributed by atoms with E-state index >= 15 is 0 Å². The van der Waals surface area contributed by atoms with Gasteiger partial charge in [-0.3, -0.25) is 4.21 Å². The smallest absolute Gasteiger partial charge is 0.103 e. The second-order valence-corrected chi connectivity index (χ2v) is 11.6. The Morgan fingerprint density at radius 2 is 1.45 bits per heavy atom. The Bertz CT molecular complexity index is 632. The first-order valence-corrected chi connectivity index (χ1v) is 10.2. The minimum atomic E-state index is -0.796. The van der Waals surface area contributed by atoms with Gasteiger partial charge in [-0.1, -0.05) is 71.9 Å². The van der Waals surface area contributed by atoms with Crippen LogP contribution in [0.4, 0.5) is 0 Å². The highest BCUT2D eigenvalue weighted by molar-refractivity contribution is 8.15. The summed E-state index contributed by atoms with van der Waals surface area (Å²) in [6.45, 7) is 13.6. The van der Waals surface area contributed by atoms with Crippen molar-refractivity contribution in [3.63, 3.8) is 0 Å². The average molecular weight is 335 g/mol. The molecule has 0 saturated carbocycles. The van der Waals surface area contributed by atoms with Gasteiger partial charge in [0, 0.05) is 16.0 Å². The molecule has 1 saturated heterocycles. The third-order valence-electron chi connectivity index (χ3n) is 4.56. The summed E-state index contributed by atoms with van der Waals surface area (Å²) in [6.07, 6.45) is 0. The number of fused-ring (bicyclic) bond motifs is 2. The van der Waals surface area contributed by atoms with Crippen LogP contribution in [-0.4, -0.2) is 14.0 Å². The van der Waals surface area contributed by atoms with Gasteiger partial charge in [-0.05, 0) is 27.5 Å². The first-order valence-electron chi connectivity index (χ1n) is 7.97. The Hall–Kier alpha value is -0.540. The molecule has 1 aromatic carbocycles. The third kappa shape index (κ3) is 2.50. The Morgan fingerprint density at radius 1 is 0.909 bits per heavy atom. The molecule has 3 heteroatoms. The highest BCUT2D eigenvalue weighted by Gasteiger charge is 2.57. The van der Waals surface area contributed by atoms with Gasteiger partial charge in [0.25, 0.3) is 0 Å². The molecule has 22 heavy (non-hydrogen) atoms. The van der Waals surface area contributed by atoms with E-state index in [1.807, 2.05) is 11.8 Å². The second-order valence-electron chi connectivity index (χ2n) is 8.38. The molecule has 4 atom stereocenters. The van der Waals surface area contributed by atoms with E-state index in [1.165, 1.54) is 16.7 Å². The van der Waals surface area contributed by atoms with Crippen molar-refractivity contribution < 1.29 is 4.21 Å². The summed E-state index contributed by atoms with van der Waals surface area (Å²) >= 11 is 1.92. The third-order valence-corrected chi connectivity index (χ3v) is 8.62. The molecule has 1 nitrogen and oxygen atoms in total. The molecule has 2 heterocycles. The van der Waals surface area contributed by atoms with Crippen molar-refractivity contribution >= 4 is 22.6 Å². The van der Waals surface area contributed by atoms with Crippen LogP contribution in [0.1, 0.15) is 52.4 Å². The first kappa shape index (κ1) is 16.3. The maximum atomic E-state index is 13.1. The zero-order chi connectivity index (χ0) is 16.3. The Labute approximate surface area is 141 Å². The summed E-state index contributed by atoms with van der Waals surface area (Å²) in [5, 5.41) is 0.513. The Kier molecular flexibility index (Phi) is 3.89. The molecule has 0 N–H and O–H groups in total. The van der Waals surface area contributed by atoms with Gasteiger partial charge in [0.2, 0.25) is 0 Å². The van der Waals surface area contributed by atoms with Crippen molar-refractivity contribution in [2.24, 2.45) is 10.8 Å². The van der Waals surface area contributed by atoms with E-state index in [9.17, 15) is 4.21 Å². The van der Waals surface area contributed by atoms with Crippen molar-refractivity contribution in [3.05, 3.63) is 47.0 Å². The zero-order valence-electron chi connectivity index (χ0n) is 14.3. The van der Waals surface area contributed by atoms with Gasteiger partial charge in [-0.25, -0.2) is 0 Å². The number of thioether (sulfide) groups is 1. The Balaban J connectivity index is 2.14. The molecular weight excluding hydrogens is 308 g/mol. The maximum Gasteiger partial charge on any atom is 0.103 e. The van der Waals surface area contributed by atoms with Crippen LogP contribution in [0, 0.1) is 10.8 Å². The molecule has 120 valence electrons. The van der Waals surface area contributed by atoms with Crippen molar-refractivity contribution in [1.82, 2.24) is 0 Å². The molecule has 0 aliphatic carbocycles. The van der Waals surface area contributed by atoms with Gasteiger partial charge in [0.15, 0.2) is 0 Å². The van der Waals surface area contributed by atoms with Gasteiger partial charge < -0.3 is 0 Å². The van der Waals surface area contributed by atoms with Crippen LogP contribution in [0.2, 0.25) is 0 Å².